The molecule has 0 bridgehead atoms. The van der Waals surface area contributed by atoms with Crippen molar-refractivity contribution in [1.82, 2.24) is 14.8 Å². The molecule has 2 heterocycles. The highest BCUT2D eigenvalue weighted by molar-refractivity contribution is 7.20. The van der Waals surface area contributed by atoms with Crippen molar-refractivity contribution in [3.8, 4) is 16.6 Å². The molecule has 0 aliphatic heterocycles. The fraction of sp³-hybridized carbons (Fsp3) is 0.179. The van der Waals surface area contributed by atoms with Gasteiger partial charge in [-0.25, -0.2) is 4.98 Å². The molecule has 7 heteroatoms. The molecule has 0 spiro atoms. The maximum atomic E-state index is 13.0. The standard InChI is InChI=1S/C28H24N4O2S/c1-18-15-26(30-27(33)19-11-13-23(14-12-19)34-22-9-3-2-4-10-22)32(31-18)28-29-24-16-20-7-5-6-8-21(20)17-25(24)35-28/h2-4,9-17H,5-8H2,1H3,(H,30,33). The van der Waals surface area contributed by atoms with Crippen LogP contribution in [0.2, 0.25) is 0 Å². The lowest BCUT2D eigenvalue weighted by atomic mass is 9.92. The van der Waals surface area contributed by atoms with E-state index in [1.165, 1.54) is 24.0 Å². The number of rotatable bonds is 5. The number of nitrogens with zero attached hydrogens (tertiary/aromatic N) is 3. The number of hydrogen-bond donors (Lipinski definition) is 1. The number of carbonyl (C=O) groups excluding carboxylic acids is 1. The number of hydrogen-bond acceptors (Lipinski definition) is 5. The van der Waals surface area contributed by atoms with Gasteiger partial charge in [-0.1, -0.05) is 29.5 Å². The zero-order valence-corrected chi connectivity index (χ0v) is 20.1. The minimum absolute atomic E-state index is 0.214. The van der Waals surface area contributed by atoms with E-state index in [0.717, 1.165) is 39.6 Å². The molecule has 35 heavy (non-hydrogen) atoms. The highest BCUT2D eigenvalue weighted by Crippen LogP contribution is 2.32. The number of carbonyl (C=O) groups is 1. The van der Waals surface area contributed by atoms with Gasteiger partial charge >= 0.3 is 0 Å². The zero-order valence-electron chi connectivity index (χ0n) is 19.3. The van der Waals surface area contributed by atoms with Crippen molar-refractivity contribution in [2.24, 2.45) is 0 Å². The lowest BCUT2D eigenvalue weighted by Gasteiger charge is -2.14. The number of anilines is 1. The molecule has 5 aromatic rings. The molecular formula is C28H24N4O2S. The maximum Gasteiger partial charge on any atom is 0.256 e. The van der Waals surface area contributed by atoms with Crippen LogP contribution in [0.5, 0.6) is 11.5 Å². The van der Waals surface area contributed by atoms with Crippen molar-refractivity contribution in [3.05, 3.63) is 95.2 Å². The van der Waals surface area contributed by atoms with Crippen molar-refractivity contribution >= 4 is 33.3 Å². The molecule has 6 rings (SSSR count). The van der Waals surface area contributed by atoms with Crippen LogP contribution in [0.3, 0.4) is 0 Å². The summed E-state index contributed by atoms with van der Waals surface area (Å²) in [6.45, 7) is 1.91. The van der Waals surface area contributed by atoms with Gasteiger partial charge in [0.05, 0.1) is 15.9 Å². The van der Waals surface area contributed by atoms with E-state index in [1.807, 2.05) is 43.3 Å². The summed E-state index contributed by atoms with van der Waals surface area (Å²) in [5.41, 5.74) is 5.18. The second-order valence-electron chi connectivity index (χ2n) is 8.77. The van der Waals surface area contributed by atoms with Crippen LogP contribution in [0.25, 0.3) is 15.3 Å². The summed E-state index contributed by atoms with van der Waals surface area (Å²) in [7, 11) is 0. The average Bonchev–Trinajstić information content (AvgIpc) is 3.45. The van der Waals surface area contributed by atoms with E-state index in [4.69, 9.17) is 9.72 Å². The molecule has 2 aromatic heterocycles. The topological polar surface area (TPSA) is 69.0 Å². The molecule has 0 fully saturated rings. The van der Waals surface area contributed by atoms with Crippen LogP contribution in [0.1, 0.15) is 40.0 Å². The van der Waals surface area contributed by atoms with Gasteiger partial charge in [0.15, 0.2) is 0 Å². The highest BCUT2D eigenvalue weighted by Gasteiger charge is 2.18. The van der Waals surface area contributed by atoms with Gasteiger partial charge in [0.1, 0.15) is 17.3 Å². The van der Waals surface area contributed by atoms with Gasteiger partial charge in [0.25, 0.3) is 5.91 Å². The summed E-state index contributed by atoms with van der Waals surface area (Å²) in [6.07, 6.45) is 4.74. The maximum absolute atomic E-state index is 13.0. The normalized spacial score (nSPS) is 12.9. The fourth-order valence-electron chi connectivity index (χ4n) is 4.46. The number of benzene rings is 3. The van der Waals surface area contributed by atoms with Crippen LogP contribution >= 0.6 is 11.3 Å². The first-order valence-electron chi connectivity index (χ1n) is 11.8. The number of amides is 1. The number of thiazole rings is 1. The van der Waals surface area contributed by atoms with Crippen molar-refractivity contribution in [2.75, 3.05) is 5.32 Å². The molecule has 1 aliphatic rings. The summed E-state index contributed by atoms with van der Waals surface area (Å²) in [5.74, 6) is 1.81. The molecule has 0 unspecified atom stereocenters. The summed E-state index contributed by atoms with van der Waals surface area (Å²) < 4.78 is 8.70. The lowest BCUT2D eigenvalue weighted by molar-refractivity contribution is 0.102. The van der Waals surface area contributed by atoms with E-state index in [0.29, 0.717) is 17.1 Å². The Morgan fingerprint density at radius 1 is 0.943 bits per heavy atom. The van der Waals surface area contributed by atoms with E-state index >= 15 is 0 Å². The third-order valence-corrected chi connectivity index (χ3v) is 7.18. The highest BCUT2D eigenvalue weighted by atomic mass is 32.1. The first-order chi connectivity index (χ1) is 17.1. The molecule has 174 valence electrons. The van der Waals surface area contributed by atoms with Crippen LogP contribution in [0.4, 0.5) is 5.82 Å². The van der Waals surface area contributed by atoms with Crippen LogP contribution in [-0.2, 0) is 12.8 Å². The number of nitrogens with one attached hydrogen (secondary N) is 1. The molecule has 0 saturated heterocycles. The Morgan fingerprint density at radius 3 is 2.43 bits per heavy atom. The minimum atomic E-state index is -0.214. The number of fused-ring (bicyclic) bond motifs is 2. The van der Waals surface area contributed by atoms with Gasteiger partial charge in [-0.15, -0.1) is 0 Å². The van der Waals surface area contributed by atoms with Gasteiger partial charge in [-0.05, 0) is 92.3 Å². The first kappa shape index (κ1) is 21.6. The summed E-state index contributed by atoms with van der Waals surface area (Å²) in [6, 6.07) is 23.0. The molecule has 1 aliphatic carbocycles. The van der Waals surface area contributed by atoms with Gasteiger partial charge in [-0.2, -0.15) is 9.78 Å². The van der Waals surface area contributed by atoms with Crippen LogP contribution in [0, 0.1) is 6.92 Å². The second kappa shape index (κ2) is 9.00. The van der Waals surface area contributed by atoms with Gasteiger partial charge in [0, 0.05) is 11.6 Å². The number of ether oxygens (including phenoxy) is 1. The smallest absolute Gasteiger partial charge is 0.256 e. The third kappa shape index (κ3) is 4.42. The minimum Gasteiger partial charge on any atom is -0.457 e. The first-order valence-corrected chi connectivity index (χ1v) is 12.6. The van der Waals surface area contributed by atoms with Crippen LogP contribution < -0.4 is 10.1 Å². The molecule has 6 nitrogen and oxygen atoms in total. The van der Waals surface area contributed by atoms with Gasteiger partial charge in [0.2, 0.25) is 5.13 Å². The largest absolute Gasteiger partial charge is 0.457 e. The van der Waals surface area contributed by atoms with E-state index < -0.39 is 0 Å². The Hall–Kier alpha value is -3.97. The van der Waals surface area contributed by atoms with E-state index in [-0.39, 0.29) is 5.91 Å². The average molecular weight is 481 g/mol. The summed E-state index contributed by atoms with van der Waals surface area (Å²) >= 11 is 1.60. The number of para-hydroxylation sites is 1. The van der Waals surface area contributed by atoms with E-state index in [1.54, 1.807) is 40.3 Å². The SMILES string of the molecule is Cc1cc(NC(=O)c2ccc(Oc3ccccc3)cc2)n(-c2nc3cc4c(cc3s2)CCCC4)n1. The van der Waals surface area contributed by atoms with E-state index in [9.17, 15) is 4.79 Å². The molecular weight excluding hydrogens is 456 g/mol. The van der Waals surface area contributed by atoms with Crippen molar-refractivity contribution in [2.45, 2.75) is 32.6 Å². The number of aryl methyl sites for hydroxylation is 3. The van der Waals surface area contributed by atoms with Gasteiger partial charge < -0.3 is 10.1 Å². The monoisotopic (exact) mass is 480 g/mol. The summed E-state index contributed by atoms with van der Waals surface area (Å²) in [4.78, 5) is 17.9. The molecule has 3 aromatic carbocycles. The number of aromatic nitrogens is 3. The van der Waals surface area contributed by atoms with E-state index in [2.05, 4.69) is 22.5 Å². The Kier molecular flexibility index (Phi) is 5.54. The second-order valence-corrected chi connectivity index (χ2v) is 9.78. The van der Waals surface area contributed by atoms with Crippen molar-refractivity contribution in [3.63, 3.8) is 0 Å². The molecule has 0 atom stereocenters. The van der Waals surface area contributed by atoms with Crippen molar-refractivity contribution in [1.29, 1.82) is 0 Å². The van der Waals surface area contributed by atoms with Crippen LogP contribution in [-0.4, -0.2) is 20.7 Å². The Labute approximate surface area is 207 Å². The zero-order chi connectivity index (χ0) is 23.8. The Balaban J connectivity index is 1.23. The Morgan fingerprint density at radius 2 is 1.66 bits per heavy atom. The van der Waals surface area contributed by atoms with Crippen molar-refractivity contribution < 1.29 is 9.53 Å². The van der Waals surface area contributed by atoms with Gasteiger partial charge in [-0.3, -0.25) is 4.79 Å². The quantitative estimate of drug-likeness (QED) is 0.303. The third-order valence-electron chi connectivity index (χ3n) is 6.19. The molecule has 0 saturated carbocycles. The van der Waals surface area contributed by atoms with Crippen LogP contribution in [0.15, 0.2) is 72.8 Å². The molecule has 0 radical (unpaired) electrons. The predicted octanol–water partition coefficient (Wildman–Crippen LogP) is 6.71. The lowest BCUT2D eigenvalue weighted by Crippen LogP contribution is -2.15. The summed E-state index contributed by atoms with van der Waals surface area (Å²) in [5, 5.41) is 8.36. The molecule has 1 amide bonds. The fourth-order valence-corrected chi connectivity index (χ4v) is 5.43. The molecule has 1 N–H and O–H groups in total. The Bertz CT molecular complexity index is 1480. The predicted molar refractivity (Wildman–Crippen MR) is 139 cm³/mol.